The number of ether oxygens (including phenoxy) is 2. The van der Waals surface area contributed by atoms with Gasteiger partial charge in [0.15, 0.2) is 0 Å². The third-order valence-corrected chi connectivity index (χ3v) is 3.66. The molecule has 0 aliphatic carbocycles. The zero-order valence-electron chi connectivity index (χ0n) is 12.9. The highest BCUT2D eigenvalue weighted by molar-refractivity contribution is 5.32. The van der Waals surface area contributed by atoms with Crippen molar-refractivity contribution in [2.75, 3.05) is 19.8 Å². The van der Waals surface area contributed by atoms with Crippen LogP contribution in [0.4, 0.5) is 0 Å². The predicted molar refractivity (Wildman–Crippen MR) is 82.0 cm³/mol. The highest BCUT2D eigenvalue weighted by Crippen LogP contribution is 2.29. The minimum Gasteiger partial charge on any atom is -0.377 e. The van der Waals surface area contributed by atoms with E-state index in [2.05, 4.69) is 50.4 Å². The van der Waals surface area contributed by atoms with E-state index in [9.17, 15) is 0 Å². The molecular weight excluding hydrogens is 250 g/mol. The van der Waals surface area contributed by atoms with Crippen LogP contribution < -0.4 is 5.32 Å². The summed E-state index contributed by atoms with van der Waals surface area (Å²) in [4.78, 5) is 0. The molecular formula is C17H27NO2. The molecule has 0 radical (unpaired) electrons. The highest BCUT2D eigenvalue weighted by Gasteiger charge is 2.28. The van der Waals surface area contributed by atoms with Crippen molar-refractivity contribution in [2.45, 2.75) is 51.9 Å². The lowest BCUT2D eigenvalue weighted by molar-refractivity contribution is -0.0252. The number of nitrogens with one attached hydrogen (secondary N) is 1. The Kier molecular flexibility index (Phi) is 6.02. The third-order valence-electron chi connectivity index (χ3n) is 3.66. The Balaban J connectivity index is 2.11. The van der Waals surface area contributed by atoms with Crippen LogP contribution in [0.15, 0.2) is 24.3 Å². The molecule has 1 aromatic rings. The first-order valence-electron chi connectivity index (χ1n) is 7.76. The average Bonchev–Trinajstić information content (AvgIpc) is 2.47. The molecule has 0 amide bonds. The highest BCUT2D eigenvalue weighted by atomic mass is 16.5. The van der Waals surface area contributed by atoms with Crippen molar-refractivity contribution >= 4 is 0 Å². The van der Waals surface area contributed by atoms with Gasteiger partial charge in [0, 0.05) is 0 Å². The van der Waals surface area contributed by atoms with Crippen LogP contribution in [-0.4, -0.2) is 31.9 Å². The molecule has 2 atom stereocenters. The molecule has 3 heteroatoms. The second-order valence-electron chi connectivity index (χ2n) is 5.68. The summed E-state index contributed by atoms with van der Waals surface area (Å²) in [6.45, 7) is 8.82. The van der Waals surface area contributed by atoms with Crippen LogP contribution in [-0.2, 0) is 15.9 Å². The summed E-state index contributed by atoms with van der Waals surface area (Å²) in [6.07, 6.45) is 2.48. The molecule has 0 aromatic heterocycles. The van der Waals surface area contributed by atoms with Gasteiger partial charge in [-0.3, -0.25) is 0 Å². The van der Waals surface area contributed by atoms with Crippen molar-refractivity contribution in [2.24, 2.45) is 0 Å². The van der Waals surface area contributed by atoms with E-state index in [1.54, 1.807) is 0 Å². The van der Waals surface area contributed by atoms with Gasteiger partial charge in [-0.25, -0.2) is 0 Å². The Labute approximate surface area is 122 Å². The lowest BCUT2D eigenvalue weighted by Crippen LogP contribution is -2.42. The topological polar surface area (TPSA) is 30.5 Å². The summed E-state index contributed by atoms with van der Waals surface area (Å²) in [6, 6.07) is 8.83. The lowest BCUT2D eigenvalue weighted by atomic mass is 9.93. The maximum absolute atomic E-state index is 6.05. The van der Waals surface area contributed by atoms with Gasteiger partial charge in [-0.2, -0.15) is 0 Å². The zero-order valence-corrected chi connectivity index (χ0v) is 12.9. The quantitative estimate of drug-likeness (QED) is 0.831. The Morgan fingerprint density at radius 2 is 2.15 bits per heavy atom. The van der Waals surface area contributed by atoms with Crippen LogP contribution in [0.1, 0.15) is 44.4 Å². The lowest BCUT2D eigenvalue weighted by Gasteiger charge is -2.33. The van der Waals surface area contributed by atoms with Gasteiger partial charge >= 0.3 is 0 Å². The number of benzene rings is 1. The summed E-state index contributed by atoms with van der Waals surface area (Å²) in [5, 5.41) is 3.59. The maximum atomic E-state index is 6.05. The molecule has 2 unspecified atom stereocenters. The van der Waals surface area contributed by atoms with Gasteiger partial charge in [-0.1, -0.05) is 31.2 Å². The van der Waals surface area contributed by atoms with Crippen LogP contribution in [0.3, 0.4) is 0 Å². The fourth-order valence-electron chi connectivity index (χ4n) is 2.64. The number of hydrogen-bond donors (Lipinski definition) is 1. The molecule has 1 N–H and O–H groups in total. The molecule has 0 fully saturated rings. The molecule has 0 saturated carbocycles. The van der Waals surface area contributed by atoms with Crippen molar-refractivity contribution in [3.05, 3.63) is 35.4 Å². The van der Waals surface area contributed by atoms with E-state index in [1.165, 1.54) is 11.1 Å². The van der Waals surface area contributed by atoms with Gasteiger partial charge in [0.1, 0.15) is 6.10 Å². The van der Waals surface area contributed by atoms with Crippen molar-refractivity contribution in [3.63, 3.8) is 0 Å². The van der Waals surface area contributed by atoms with E-state index < -0.39 is 0 Å². The zero-order chi connectivity index (χ0) is 14.4. The van der Waals surface area contributed by atoms with Crippen molar-refractivity contribution in [1.82, 2.24) is 5.32 Å². The fraction of sp³-hybridized carbons (Fsp3) is 0.647. The Hall–Kier alpha value is -0.900. The molecule has 112 valence electrons. The summed E-state index contributed by atoms with van der Waals surface area (Å²) in [5.41, 5.74) is 2.73. The predicted octanol–water partition coefficient (Wildman–Crippen LogP) is 3.09. The second kappa shape index (κ2) is 7.77. The van der Waals surface area contributed by atoms with Gasteiger partial charge < -0.3 is 14.8 Å². The number of hydrogen-bond acceptors (Lipinski definition) is 3. The average molecular weight is 277 g/mol. The summed E-state index contributed by atoms with van der Waals surface area (Å²) < 4.78 is 11.9. The van der Waals surface area contributed by atoms with Gasteiger partial charge in [0.25, 0.3) is 0 Å². The molecule has 1 heterocycles. The molecule has 0 bridgehead atoms. The number of rotatable bonds is 7. The second-order valence-corrected chi connectivity index (χ2v) is 5.68. The van der Waals surface area contributed by atoms with Gasteiger partial charge in [-0.05, 0) is 44.4 Å². The molecule has 2 rings (SSSR count). The smallest absolute Gasteiger partial charge is 0.100 e. The van der Waals surface area contributed by atoms with Crippen LogP contribution in [0.25, 0.3) is 0 Å². The Bertz CT molecular complexity index is 406. The van der Waals surface area contributed by atoms with Crippen LogP contribution in [0, 0.1) is 0 Å². The fourth-order valence-corrected chi connectivity index (χ4v) is 2.64. The first-order chi connectivity index (χ1) is 9.72. The van der Waals surface area contributed by atoms with Crippen molar-refractivity contribution in [1.29, 1.82) is 0 Å². The van der Waals surface area contributed by atoms with E-state index in [0.717, 1.165) is 26.0 Å². The molecule has 3 nitrogen and oxygen atoms in total. The van der Waals surface area contributed by atoms with Gasteiger partial charge in [0.2, 0.25) is 0 Å². The molecule has 1 aliphatic heterocycles. The Morgan fingerprint density at radius 3 is 2.90 bits per heavy atom. The molecule has 0 saturated heterocycles. The van der Waals surface area contributed by atoms with Crippen molar-refractivity contribution in [3.8, 4) is 0 Å². The first kappa shape index (κ1) is 15.5. The van der Waals surface area contributed by atoms with Gasteiger partial charge in [0.05, 0.1) is 25.4 Å². The van der Waals surface area contributed by atoms with E-state index in [4.69, 9.17) is 9.47 Å². The van der Waals surface area contributed by atoms with E-state index in [0.29, 0.717) is 6.61 Å². The molecule has 1 aromatic carbocycles. The van der Waals surface area contributed by atoms with Crippen LogP contribution in [0.5, 0.6) is 0 Å². The first-order valence-corrected chi connectivity index (χ1v) is 7.76. The Morgan fingerprint density at radius 1 is 1.35 bits per heavy atom. The third kappa shape index (κ3) is 4.05. The summed E-state index contributed by atoms with van der Waals surface area (Å²) in [5.74, 6) is 0. The largest absolute Gasteiger partial charge is 0.377 e. The SMILES string of the molecule is CCCNC(COC(C)C)C1OCCc2ccccc21. The van der Waals surface area contributed by atoms with Crippen LogP contribution in [0.2, 0.25) is 0 Å². The minimum absolute atomic E-state index is 0.102. The summed E-state index contributed by atoms with van der Waals surface area (Å²) >= 11 is 0. The van der Waals surface area contributed by atoms with Crippen LogP contribution >= 0.6 is 0 Å². The molecule has 0 spiro atoms. The maximum Gasteiger partial charge on any atom is 0.100 e. The van der Waals surface area contributed by atoms with Gasteiger partial charge in [-0.15, -0.1) is 0 Å². The van der Waals surface area contributed by atoms with E-state index in [1.807, 2.05) is 0 Å². The van der Waals surface area contributed by atoms with E-state index in [-0.39, 0.29) is 18.2 Å². The monoisotopic (exact) mass is 277 g/mol. The van der Waals surface area contributed by atoms with E-state index >= 15 is 0 Å². The summed E-state index contributed by atoms with van der Waals surface area (Å²) in [7, 11) is 0. The van der Waals surface area contributed by atoms with Crippen molar-refractivity contribution < 1.29 is 9.47 Å². The number of fused-ring (bicyclic) bond motifs is 1. The standard InChI is InChI=1S/C17H27NO2/c1-4-10-18-16(12-20-13(2)3)17-15-8-6-5-7-14(15)9-11-19-17/h5-8,13,16-18H,4,9-12H2,1-3H3. The molecule has 1 aliphatic rings. The molecule has 20 heavy (non-hydrogen) atoms. The minimum atomic E-state index is 0.102. The normalized spacial score (nSPS) is 19.9.